The van der Waals surface area contributed by atoms with Crippen LogP contribution in [0.1, 0.15) is 62.1 Å². The van der Waals surface area contributed by atoms with E-state index >= 15 is 0 Å². The molecule has 0 bridgehead atoms. The number of nitrogens with one attached hydrogen (secondary N) is 2. The van der Waals surface area contributed by atoms with Crippen LogP contribution in [-0.2, 0) is 9.47 Å². The first kappa shape index (κ1) is 34.0. The van der Waals surface area contributed by atoms with Gasteiger partial charge in [-0.25, -0.2) is 19.2 Å². The van der Waals surface area contributed by atoms with Gasteiger partial charge in [0.15, 0.2) is 11.5 Å². The van der Waals surface area contributed by atoms with Crippen LogP contribution < -0.4 is 24.8 Å². The van der Waals surface area contributed by atoms with Gasteiger partial charge in [-0.05, 0) is 109 Å². The predicted octanol–water partition coefficient (Wildman–Crippen LogP) is 8.19. The predicted molar refractivity (Wildman–Crippen MR) is 194 cm³/mol. The molecule has 2 N–H and O–H groups in total. The molecule has 0 aliphatic carbocycles. The minimum atomic E-state index is -0.753. The Kier molecular flexibility index (Phi) is 8.77. The number of anilines is 2. The largest absolute Gasteiger partial charge is 0.457 e. The van der Waals surface area contributed by atoms with Crippen LogP contribution in [0.4, 0.5) is 11.4 Å². The molecule has 0 saturated heterocycles. The van der Waals surface area contributed by atoms with Gasteiger partial charge in [-0.2, -0.15) is 0 Å². The number of cyclic esters (lactones) is 4. The number of rotatable bonds is 10. The molecule has 0 aromatic heterocycles. The molecule has 6 aromatic carbocycles. The standard InChI is InChI=1S/C42H24N2O11/c45-37(43-33-5-1-3-7-35(33)52-27-17-19-29-31(21-27)41(49)54-39(29)47)23-9-13-25(14-10-23)51-26-15-11-24(12-16-26)38(46)44-34-6-2-4-8-36(34)53-28-18-20-30-32(22-28)42(50)55-40(30)48/h1-22H,(H,43,45)(H,44,46). The summed E-state index contributed by atoms with van der Waals surface area (Å²) in [6.45, 7) is 0. The minimum Gasteiger partial charge on any atom is -0.457 e. The molecule has 6 aromatic rings. The summed E-state index contributed by atoms with van der Waals surface area (Å²) < 4.78 is 27.1. The first-order chi connectivity index (χ1) is 26.7. The zero-order valence-electron chi connectivity index (χ0n) is 28.2. The second kappa shape index (κ2) is 14.2. The van der Waals surface area contributed by atoms with E-state index in [1.165, 1.54) is 36.4 Å². The lowest BCUT2D eigenvalue weighted by atomic mass is 10.1. The number of esters is 4. The molecule has 268 valence electrons. The maximum atomic E-state index is 13.1. The van der Waals surface area contributed by atoms with Gasteiger partial charge in [-0.1, -0.05) is 24.3 Å². The number of carbonyl (C=O) groups is 6. The van der Waals surface area contributed by atoms with E-state index in [9.17, 15) is 28.8 Å². The van der Waals surface area contributed by atoms with Crippen LogP contribution in [0.2, 0.25) is 0 Å². The molecular weight excluding hydrogens is 708 g/mol. The van der Waals surface area contributed by atoms with Crippen LogP contribution in [0, 0.1) is 0 Å². The summed E-state index contributed by atoms with van der Waals surface area (Å²) in [5.41, 5.74) is 1.94. The van der Waals surface area contributed by atoms with E-state index in [-0.39, 0.29) is 33.8 Å². The average Bonchev–Trinajstić information content (AvgIpc) is 3.64. The molecule has 0 fully saturated rings. The van der Waals surface area contributed by atoms with Crippen LogP contribution in [0.5, 0.6) is 34.5 Å². The molecule has 0 atom stereocenters. The van der Waals surface area contributed by atoms with E-state index in [2.05, 4.69) is 20.1 Å². The highest BCUT2D eigenvalue weighted by Crippen LogP contribution is 2.34. The number of para-hydroxylation sites is 4. The Morgan fingerprint density at radius 1 is 0.400 bits per heavy atom. The van der Waals surface area contributed by atoms with E-state index in [0.717, 1.165) is 0 Å². The van der Waals surface area contributed by atoms with E-state index in [0.29, 0.717) is 45.5 Å². The normalized spacial score (nSPS) is 12.6. The molecule has 2 amide bonds. The second-order valence-electron chi connectivity index (χ2n) is 12.0. The van der Waals surface area contributed by atoms with E-state index in [1.54, 1.807) is 97.1 Å². The summed E-state index contributed by atoms with van der Waals surface area (Å²) in [7, 11) is 0. The number of amides is 2. The van der Waals surface area contributed by atoms with Gasteiger partial charge >= 0.3 is 23.9 Å². The van der Waals surface area contributed by atoms with Crippen molar-refractivity contribution in [1.29, 1.82) is 0 Å². The molecule has 0 radical (unpaired) electrons. The Bertz CT molecular complexity index is 2400. The van der Waals surface area contributed by atoms with Gasteiger partial charge in [-0.3, -0.25) is 9.59 Å². The van der Waals surface area contributed by atoms with E-state index in [4.69, 9.17) is 14.2 Å². The lowest BCUT2D eigenvalue weighted by Crippen LogP contribution is -2.12. The Morgan fingerprint density at radius 2 is 0.764 bits per heavy atom. The number of benzene rings is 6. The van der Waals surface area contributed by atoms with Crippen LogP contribution >= 0.6 is 0 Å². The van der Waals surface area contributed by atoms with Crippen LogP contribution in [0.25, 0.3) is 0 Å². The van der Waals surface area contributed by atoms with Gasteiger partial charge in [0.2, 0.25) is 0 Å². The molecule has 0 spiro atoms. The third kappa shape index (κ3) is 7.08. The zero-order chi connectivity index (χ0) is 38.1. The molecule has 55 heavy (non-hydrogen) atoms. The van der Waals surface area contributed by atoms with Gasteiger partial charge in [0.25, 0.3) is 11.8 Å². The summed E-state index contributed by atoms with van der Waals surface area (Å²) in [6, 6.07) is 35.1. The van der Waals surface area contributed by atoms with Crippen molar-refractivity contribution < 1.29 is 52.5 Å². The van der Waals surface area contributed by atoms with Gasteiger partial charge in [0, 0.05) is 11.1 Å². The van der Waals surface area contributed by atoms with Gasteiger partial charge in [-0.15, -0.1) is 0 Å². The monoisotopic (exact) mass is 732 g/mol. The van der Waals surface area contributed by atoms with Crippen molar-refractivity contribution in [2.75, 3.05) is 10.6 Å². The summed E-state index contributed by atoms with van der Waals surface area (Å²) in [6.07, 6.45) is 0. The maximum Gasteiger partial charge on any atom is 0.347 e. The van der Waals surface area contributed by atoms with Gasteiger partial charge < -0.3 is 34.3 Å². The molecule has 2 aliphatic heterocycles. The quantitative estimate of drug-likeness (QED) is 0.103. The molecule has 13 nitrogen and oxygen atoms in total. The number of hydrogen-bond donors (Lipinski definition) is 2. The lowest BCUT2D eigenvalue weighted by Gasteiger charge is -2.13. The fourth-order valence-electron chi connectivity index (χ4n) is 5.70. The fourth-order valence-corrected chi connectivity index (χ4v) is 5.70. The topological polar surface area (TPSA) is 173 Å². The molecule has 2 aliphatic rings. The minimum absolute atomic E-state index is 0.0998. The smallest absolute Gasteiger partial charge is 0.347 e. The highest BCUT2D eigenvalue weighted by Gasteiger charge is 2.31. The lowest BCUT2D eigenvalue weighted by molar-refractivity contribution is 0.0425. The third-order valence-corrected chi connectivity index (χ3v) is 8.43. The van der Waals surface area contributed by atoms with E-state index < -0.39 is 35.7 Å². The highest BCUT2D eigenvalue weighted by atomic mass is 16.6. The van der Waals surface area contributed by atoms with Crippen molar-refractivity contribution in [1.82, 2.24) is 0 Å². The van der Waals surface area contributed by atoms with Gasteiger partial charge in [0.05, 0.1) is 33.6 Å². The van der Waals surface area contributed by atoms with Crippen molar-refractivity contribution in [3.8, 4) is 34.5 Å². The zero-order valence-corrected chi connectivity index (χ0v) is 28.2. The first-order valence-electron chi connectivity index (χ1n) is 16.5. The number of carbonyl (C=O) groups excluding carboxylic acids is 6. The van der Waals surface area contributed by atoms with E-state index in [1.807, 2.05) is 0 Å². The van der Waals surface area contributed by atoms with Crippen LogP contribution in [0.15, 0.2) is 133 Å². The van der Waals surface area contributed by atoms with Crippen molar-refractivity contribution in [3.63, 3.8) is 0 Å². The molecule has 0 saturated carbocycles. The molecule has 0 unspecified atom stereocenters. The average molecular weight is 733 g/mol. The third-order valence-electron chi connectivity index (χ3n) is 8.43. The summed E-state index contributed by atoms with van der Waals surface area (Å²) in [4.78, 5) is 73.7. The SMILES string of the molecule is O=C(Nc1ccccc1Oc1ccc2c(c1)C(=O)OC2=O)c1ccc(Oc2ccc(C(=O)Nc3ccccc3Oc3ccc4c(c3)C(=O)OC4=O)cc2)cc1. The summed E-state index contributed by atoms with van der Waals surface area (Å²) in [5.74, 6) is -1.69. The van der Waals surface area contributed by atoms with Crippen LogP contribution in [-0.4, -0.2) is 35.7 Å². The first-order valence-corrected chi connectivity index (χ1v) is 16.5. The summed E-state index contributed by atoms with van der Waals surface area (Å²) >= 11 is 0. The fraction of sp³-hybridized carbons (Fsp3) is 0. The van der Waals surface area contributed by atoms with Crippen LogP contribution in [0.3, 0.4) is 0 Å². The maximum absolute atomic E-state index is 13.1. The molecular formula is C42H24N2O11. The molecule has 2 heterocycles. The second-order valence-corrected chi connectivity index (χ2v) is 12.0. The molecule has 8 rings (SSSR count). The Hall–Kier alpha value is -8.06. The molecule has 13 heteroatoms. The Balaban J connectivity index is 0.878. The Labute approximate surface area is 311 Å². The van der Waals surface area contributed by atoms with Crippen molar-refractivity contribution in [2.24, 2.45) is 0 Å². The van der Waals surface area contributed by atoms with Crippen molar-refractivity contribution >= 4 is 47.1 Å². The highest BCUT2D eigenvalue weighted by molar-refractivity contribution is 6.15. The Morgan fingerprint density at radius 3 is 1.18 bits per heavy atom. The number of ether oxygens (including phenoxy) is 5. The summed E-state index contributed by atoms with van der Waals surface area (Å²) in [5, 5.41) is 5.64. The van der Waals surface area contributed by atoms with Crippen molar-refractivity contribution in [2.45, 2.75) is 0 Å². The van der Waals surface area contributed by atoms with Crippen molar-refractivity contribution in [3.05, 3.63) is 167 Å². The van der Waals surface area contributed by atoms with Gasteiger partial charge in [0.1, 0.15) is 23.0 Å². The number of hydrogen-bond acceptors (Lipinski definition) is 11. The number of fused-ring (bicyclic) bond motifs is 2.